The van der Waals surface area contributed by atoms with Crippen molar-refractivity contribution in [2.45, 2.75) is 11.3 Å². The normalized spacial score (nSPS) is 10.6. The van der Waals surface area contributed by atoms with Gasteiger partial charge in [0.1, 0.15) is 5.75 Å². The average Bonchev–Trinajstić information content (AvgIpc) is 2.03. The van der Waals surface area contributed by atoms with Crippen molar-refractivity contribution in [3.8, 4) is 5.75 Å². The summed E-state index contributed by atoms with van der Waals surface area (Å²) in [4.78, 5) is 0.498. The van der Waals surface area contributed by atoms with Crippen LogP contribution in [0.25, 0.3) is 0 Å². The van der Waals surface area contributed by atoms with Gasteiger partial charge in [-0.3, -0.25) is 0 Å². The zero-order valence-electron chi connectivity index (χ0n) is 6.21. The number of benzene rings is 1. The SMILES string of the molecule is Oc1ccccc1SCC(F)F. The Hall–Kier alpha value is -0.770. The number of rotatable bonds is 3. The van der Waals surface area contributed by atoms with E-state index in [1.165, 1.54) is 6.07 Å². The Bertz CT molecular complexity index is 253. The van der Waals surface area contributed by atoms with E-state index in [0.29, 0.717) is 4.90 Å². The average molecular weight is 190 g/mol. The Balaban J connectivity index is 2.57. The maximum absolute atomic E-state index is 11.7. The first-order valence-electron chi connectivity index (χ1n) is 3.39. The van der Waals surface area contributed by atoms with E-state index in [0.717, 1.165) is 11.8 Å². The molecule has 12 heavy (non-hydrogen) atoms. The van der Waals surface area contributed by atoms with Crippen molar-refractivity contribution < 1.29 is 13.9 Å². The molecule has 0 aliphatic heterocycles. The summed E-state index contributed by atoms with van der Waals surface area (Å²) in [7, 11) is 0. The lowest BCUT2D eigenvalue weighted by Gasteiger charge is -2.02. The lowest BCUT2D eigenvalue weighted by molar-refractivity contribution is 0.177. The molecule has 0 amide bonds. The molecule has 1 aromatic rings. The molecule has 0 aromatic heterocycles. The summed E-state index contributed by atoms with van der Waals surface area (Å²) in [6.45, 7) is 0. The number of para-hydroxylation sites is 1. The predicted octanol–water partition coefficient (Wildman–Crippen LogP) is 2.75. The Morgan fingerprint density at radius 3 is 2.58 bits per heavy atom. The molecule has 4 heteroatoms. The molecule has 0 atom stereocenters. The van der Waals surface area contributed by atoms with Gasteiger partial charge in [0.25, 0.3) is 0 Å². The molecule has 0 saturated heterocycles. The first kappa shape index (κ1) is 9.32. The monoisotopic (exact) mass is 190 g/mol. The Morgan fingerprint density at radius 2 is 2.00 bits per heavy atom. The molecule has 0 saturated carbocycles. The van der Waals surface area contributed by atoms with Crippen molar-refractivity contribution in [2.75, 3.05) is 5.75 Å². The molecule has 1 nitrogen and oxygen atoms in total. The van der Waals surface area contributed by atoms with Crippen LogP contribution in [-0.2, 0) is 0 Å². The van der Waals surface area contributed by atoms with Crippen LogP contribution in [0, 0.1) is 0 Å². The molecule has 0 aliphatic rings. The second-order valence-corrected chi connectivity index (χ2v) is 3.23. The second-order valence-electron chi connectivity index (χ2n) is 2.17. The number of alkyl halides is 2. The molecule has 0 heterocycles. The number of halogens is 2. The highest BCUT2D eigenvalue weighted by Crippen LogP contribution is 2.28. The van der Waals surface area contributed by atoms with Gasteiger partial charge in [0.2, 0.25) is 6.43 Å². The molecule has 1 N–H and O–H groups in total. The van der Waals surface area contributed by atoms with Crippen LogP contribution in [0.2, 0.25) is 0 Å². The van der Waals surface area contributed by atoms with E-state index in [1.807, 2.05) is 0 Å². The predicted molar refractivity (Wildman–Crippen MR) is 44.8 cm³/mol. The largest absolute Gasteiger partial charge is 0.507 e. The van der Waals surface area contributed by atoms with Crippen LogP contribution >= 0.6 is 11.8 Å². The molecule has 0 fully saturated rings. The van der Waals surface area contributed by atoms with Gasteiger partial charge in [0, 0.05) is 4.90 Å². The van der Waals surface area contributed by atoms with Crippen molar-refractivity contribution in [2.24, 2.45) is 0 Å². The number of hydrogen-bond donors (Lipinski definition) is 1. The molecule has 1 rings (SSSR count). The minimum absolute atomic E-state index is 0.0585. The van der Waals surface area contributed by atoms with Gasteiger partial charge >= 0.3 is 0 Å². The third-order valence-electron chi connectivity index (χ3n) is 1.23. The van der Waals surface area contributed by atoms with Crippen LogP contribution in [0.4, 0.5) is 8.78 Å². The fraction of sp³-hybridized carbons (Fsp3) is 0.250. The second kappa shape index (κ2) is 4.30. The Kier molecular flexibility index (Phi) is 3.34. The van der Waals surface area contributed by atoms with Gasteiger partial charge in [0.05, 0.1) is 5.75 Å². The van der Waals surface area contributed by atoms with Gasteiger partial charge in [-0.25, -0.2) is 8.78 Å². The van der Waals surface area contributed by atoms with Crippen molar-refractivity contribution in [1.29, 1.82) is 0 Å². The summed E-state index contributed by atoms with van der Waals surface area (Å²) in [6, 6.07) is 6.45. The van der Waals surface area contributed by atoms with E-state index in [2.05, 4.69) is 0 Å². The number of phenolic OH excluding ortho intramolecular Hbond substituents is 1. The maximum Gasteiger partial charge on any atom is 0.247 e. The summed E-state index contributed by atoms with van der Waals surface area (Å²) >= 11 is 0.955. The first-order chi connectivity index (χ1) is 5.70. The summed E-state index contributed by atoms with van der Waals surface area (Å²) in [5.74, 6) is -0.222. The molecule has 1 aromatic carbocycles. The van der Waals surface area contributed by atoms with Gasteiger partial charge in [-0.15, -0.1) is 11.8 Å². The zero-order chi connectivity index (χ0) is 8.97. The highest BCUT2D eigenvalue weighted by atomic mass is 32.2. The van der Waals surface area contributed by atoms with Crippen LogP contribution in [0.5, 0.6) is 5.75 Å². The zero-order valence-corrected chi connectivity index (χ0v) is 7.02. The number of aromatic hydroxyl groups is 1. The molecule has 0 spiro atoms. The molecule has 66 valence electrons. The molecule has 0 unspecified atom stereocenters. The number of phenols is 1. The van der Waals surface area contributed by atoms with Crippen molar-refractivity contribution in [3.63, 3.8) is 0 Å². The highest BCUT2D eigenvalue weighted by molar-refractivity contribution is 7.99. The van der Waals surface area contributed by atoms with Crippen LogP contribution in [0.1, 0.15) is 0 Å². The fourth-order valence-corrected chi connectivity index (χ4v) is 1.43. The lowest BCUT2D eigenvalue weighted by Crippen LogP contribution is -1.92. The van der Waals surface area contributed by atoms with Gasteiger partial charge in [-0.05, 0) is 12.1 Å². The Labute approximate surface area is 73.4 Å². The van der Waals surface area contributed by atoms with Crippen LogP contribution in [0.15, 0.2) is 29.2 Å². The maximum atomic E-state index is 11.7. The molecular formula is C8H8F2OS. The summed E-state index contributed by atoms with van der Waals surface area (Å²) in [5.41, 5.74) is 0. The quantitative estimate of drug-likeness (QED) is 0.739. The topological polar surface area (TPSA) is 20.2 Å². The van der Waals surface area contributed by atoms with Gasteiger partial charge in [0.15, 0.2) is 0 Å². The third kappa shape index (κ3) is 2.70. The van der Waals surface area contributed by atoms with E-state index < -0.39 is 6.43 Å². The summed E-state index contributed by atoms with van der Waals surface area (Å²) in [5, 5.41) is 9.16. The van der Waals surface area contributed by atoms with Gasteiger partial charge in [-0.2, -0.15) is 0 Å². The van der Waals surface area contributed by atoms with Crippen molar-refractivity contribution in [3.05, 3.63) is 24.3 Å². The summed E-state index contributed by atoms with van der Waals surface area (Å²) in [6.07, 6.45) is -2.34. The molecule has 0 bridgehead atoms. The van der Waals surface area contributed by atoms with E-state index in [1.54, 1.807) is 18.2 Å². The molecule has 0 radical (unpaired) electrons. The van der Waals surface area contributed by atoms with Gasteiger partial charge in [-0.1, -0.05) is 12.1 Å². The summed E-state index contributed by atoms with van der Waals surface area (Å²) < 4.78 is 23.5. The van der Waals surface area contributed by atoms with Crippen LogP contribution in [0.3, 0.4) is 0 Å². The van der Waals surface area contributed by atoms with E-state index >= 15 is 0 Å². The standard InChI is InChI=1S/C8H8F2OS/c9-8(10)5-12-7-4-2-1-3-6(7)11/h1-4,8,11H,5H2. The minimum Gasteiger partial charge on any atom is -0.507 e. The molecular weight excluding hydrogens is 182 g/mol. The van der Waals surface area contributed by atoms with Crippen molar-refractivity contribution >= 4 is 11.8 Å². The third-order valence-corrected chi connectivity index (χ3v) is 2.30. The lowest BCUT2D eigenvalue weighted by atomic mass is 10.3. The number of thioether (sulfide) groups is 1. The minimum atomic E-state index is -2.34. The molecule has 0 aliphatic carbocycles. The van der Waals surface area contributed by atoms with E-state index in [4.69, 9.17) is 5.11 Å². The first-order valence-corrected chi connectivity index (χ1v) is 4.37. The van der Waals surface area contributed by atoms with Crippen LogP contribution in [-0.4, -0.2) is 17.3 Å². The smallest absolute Gasteiger partial charge is 0.247 e. The van der Waals surface area contributed by atoms with Gasteiger partial charge < -0.3 is 5.11 Å². The fourth-order valence-electron chi connectivity index (χ4n) is 0.732. The Morgan fingerprint density at radius 1 is 1.33 bits per heavy atom. The van der Waals surface area contributed by atoms with Crippen molar-refractivity contribution in [1.82, 2.24) is 0 Å². The van der Waals surface area contributed by atoms with E-state index in [-0.39, 0.29) is 11.5 Å². The highest BCUT2D eigenvalue weighted by Gasteiger charge is 2.05. The number of hydrogen-bond acceptors (Lipinski definition) is 2. The van der Waals surface area contributed by atoms with Crippen LogP contribution < -0.4 is 0 Å². The van der Waals surface area contributed by atoms with E-state index in [9.17, 15) is 8.78 Å².